The van der Waals surface area contributed by atoms with Crippen molar-refractivity contribution in [2.75, 3.05) is 0 Å². The molecule has 0 unspecified atom stereocenters. The van der Waals surface area contributed by atoms with Crippen LogP contribution in [0, 0.1) is 11.8 Å². The monoisotopic (exact) mass is 220 g/mol. The second-order valence-electron chi connectivity index (χ2n) is 3.95. The number of benzene rings is 2. The van der Waals surface area contributed by atoms with Crippen LogP contribution in [0.1, 0.15) is 18.9 Å². The molecule has 2 rings (SSSR count). The lowest BCUT2D eigenvalue weighted by atomic mass is 9.97. The first kappa shape index (κ1) is 11.5. The van der Waals surface area contributed by atoms with Crippen LogP contribution in [0.2, 0.25) is 0 Å². The molecule has 2 aromatic carbocycles. The molecule has 0 saturated heterocycles. The Morgan fingerprint density at radius 1 is 0.882 bits per heavy atom. The first-order valence-electron chi connectivity index (χ1n) is 5.95. The first-order chi connectivity index (χ1) is 8.42. The van der Waals surface area contributed by atoms with E-state index in [1.165, 1.54) is 16.7 Å². The summed E-state index contributed by atoms with van der Waals surface area (Å²) >= 11 is 0. The van der Waals surface area contributed by atoms with Crippen molar-refractivity contribution in [3.8, 4) is 23.0 Å². The Labute approximate surface area is 103 Å². The van der Waals surface area contributed by atoms with Crippen LogP contribution >= 0.6 is 0 Å². The minimum Gasteiger partial charge on any atom is -0.107 e. The standard InChI is InChI=1S/C17H16/c1-2-3-5-10-15-13-8-9-14-17(15)16-11-6-4-7-12-16/h4,6-9,11-14H,5,10H2,1H3. The van der Waals surface area contributed by atoms with Gasteiger partial charge in [0.05, 0.1) is 0 Å². The van der Waals surface area contributed by atoms with E-state index in [0.717, 1.165) is 12.8 Å². The smallest absolute Gasteiger partial charge is 0.0129 e. The van der Waals surface area contributed by atoms with E-state index in [1.54, 1.807) is 0 Å². The molecule has 0 spiro atoms. The largest absolute Gasteiger partial charge is 0.107 e. The molecule has 17 heavy (non-hydrogen) atoms. The Morgan fingerprint density at radius 3 is 2.35 bits per heavy atom. The van der Waals surface area contributed by atoms with Crippen molar-refractivity contribution in [3.63, 3.8) is 0 Å². The van der Waals surface area contributed by atoms with Crippen molar-refractivity contribution in [1.82, 2.24) is 0 Å². The van der Waals surface area contributed by atoms with Crippen LogP contribution in [-0.2, 0) is 6.42 Å². The topological polar surface area (TPSA) is 0 Å². The highest BCUT2D eigenvalue weighted by atomic mass is 14.1. The second kappa shape index (κ2) is 5.92. The van der Waals surface area contributed by atoms with Crippen LogP contribution in [0.4, 0.5) is 0 Å². The fraction of sp³-hybridized carbons (Fsp3) is 0.176. The highest BCUT2D eigenvalue weighted by Crippen LogP contribution is 2.24. The van der Waals surface area contributed by atoms with E-state index in [4.69, 9.17) is 0 Å². The molecule has 0 saturated carbocycles. The molecular weight excluding hydrogens is 204 g/mol. The Bertz CT molecular complexity index is 527. The summed E-state index contributed by atoms with van der Waals surface area (Å²) in [6, 6.07) is 19.1. The summed E-state index contributed by atoms with van der Waals surface area (Å²) in [5, 5.41) is 0. The minimum absolute atomic E-state index is 0.931. The first-order valence-corrected chi connectivity index (χ1v) is 5.95. The van der Waals surface area contributed by atoms with Gasteiger partial charge in [-0.1, -0.05) is 54.6 Å². The van der Waals surface area contributed by atoms with Gasteiger partial charge in [0, 0.05) is 6.42 Å². The Hall–Kier alpha value is -2.00. The molecule has 0 heteroatoms. The van der Waals surface area contributed by atoms with Gasteiger partial charge in [0.1, 0.15) is 0 Å². The van der Waals surface area contributed by atoms with E-state index >= 15 is 0 Å². The molecule has 0 amide bonds. The molecule has 0 radical (unpaired) electrons. The number of hydrogen-bond donors (Lipinski definition) is 0. The molecular formula is C17H16. The van der Waals surface area contributed by atoms with Gasteiger partial charge in [-0.3, -0.25) is 0 Å². The van der Waals surface area contributed by atoms with E-state index in [0.29, 0.717) is 0 Å². The Morgan fingerprint density at radius 2 is 1.59 bits per heavy atom. The van der Waals surface area contributed by atoms with E-state index in [9.17, 15) is 0 Å². The van der Waals surface area contributed by atoms with Crippen molar-refractivity contribution in [3.05, 3.63) is 60.2 Å². The third-order valence-corrected chi connectivity index (χ3v) is 2.80. The highest BCUT2D eigenvalue weighted by molar-refractivity contribution is 5.67. The predicted octanol–water partition coefficient (Wildman–Crippen LogP) is 4.31. The van der Waals surface area contributed by atoms with Gasteiger partial charge >= 0.3 is 0 Å². The van der Waals surface area contributed by atoms with E-state index in [1.807, 2.05) is 6.92 Å². The number of rotatable bonds is 3. The van der Waals surface area contributed by atoms with Crippen molar-refractivity contribution < 1.29 is 0 Å². The summed E-state index contributed by atoms with van der Waals surface area (Å²) < 4.78 is 0. The average molecular weight is 220 g/mol. The van der Waals surface area contributed by atoms with Gasteiger partial charge in [-0.15, -0.1) is 11.8 Å². The fourth-order valence-electron chi connectivity index (χ4n) is 1.96. The lowest BCUT2D eigenvalue weighted by Crippen LogP contribution is -1.89. The van der Waals surface area contributed by atoms with Crippen molar-refractivity contribution in [2.45, 2.75) is 19.8 Å². The lowest BCUT2D eigenvalue weighted by molar-refractivity contribution is 1.03. The van der Waals surface area contributed by atoms with Gasteiger partial charge in [-0.2, -0.15) is 0 Å². The molecule has 0 fully saturated rings. The summed E-state index contributed by atoms with van der Waals surface area (Å²) in [4.78, 5) is 0. The quantitative estimate of drug-likeness (QED) is 0.676. The van der Waals surface area contributed by atoms with Crippen molar-refractivity contribution in [1.29, 1.82) is 0 Å². The van der Waals surface area contributed by atoms with Crippen LogP contribution in [0.3, 0.4) is 0 Å². The van der Waals surface area contributed by atoms with Crippen molar-refractivity contribution >= 4 is 0 Å². The minimum atomic E-state index is 0.931. The van der Waals surface area contributed by atoms with Gasteiger partial charge in [-0.05, 0) is 30.0 Å². The third-order valence-electron chi connectivity index (χ3n) is 2.80. The maximum absolute atomic E-state index is 3.13. The SMILES string of the molecule is CC#CCCc1ccccc1-c1ccccc1. The van der Waals surface area contributed by atoms with Gasteiger partial charge in [0.15, 0.2) is 0 Å². The lowest BCUT2D eigenvalue weighted by Gasteiger charge is -2.08. The van der Waals surface area contributed by atoms with E-state index in [2.05, 4.69) is 66.4 Å². The predicted molar refractivity (Wildman–Crippen MR) is 73.6 cm³/mol. The molecule has 0 aliphatic rings. The summed E-state index contributed by atoms with van der Waals surface area (Å²) in [7, 11) is 0. The number of hydrogen-bond acceptors (Lipinski definition) is 0. The average Bonchev–Trinajstić information content (AvgIpc) is 2.41. The van der Waals surface area contributed by atoms with E-state index in [-0.39, 0.29) is 0 Å². The zero-order valence-corrected chi connectivity index (χ0v) is 10.1. The summed E-state index contributed by atoms with van der Waals surface area (Å²) in [6.07, 6.45) is 1.95. The highest BCUT2D eigenvalue weighted by Gasteiger charge is 2.02. The normalized spacial score (nSPS) is 9.47. The molecule has 0 aliphatic heterocycles. The van der Waals surface area contributed by atoms with Gasteiger partial charge in [0.2, 0.25) is 0 Å². The van der Waals surface area contributed by atoms with Crippen LogP contribution < -0.4 is 0 Å². The maximum atomic E-state index is 3.13. The molecule has 0 nitrogen and oxygen atoms in total. The number of aryl methyl sites for hydroxylation is 1. The Kier molecular flexibility index (Phi) is 4.00. The van der Waals surface area contributed by atoms with E-state index < -0.39 is 0 Å². The van der Waals surface area contributed by atoms with Gasteiger partial charge in [-0.25, -0.2) is 0 Å². The molecule has 0 atom stereocenters. The van der Waals surface area contributed by atoms with Crippen LogP contribution in [-0.4, -0.2) is 0 Å². The Balaban J connectivity index is 2.30. The molecule has 2 aromatic rings. The molecule has 0 aliphatic carbocycles. The molecule has 0 heterocycles. The molecule has 0 bridgehead atoms. The molecule has 84 valence electrons. The molecule has 0 N–H and O–H groups in total. The van der Waals surface area contributed by atoms with Crippen LogP contribution in [0.5, 0.6) is 0 Å². The van der Waals surface area contributed by atoms with Crippen molar-refractivity contribution in [2.24, 2.45) is 0 Å². The molecule has 0 aromatic heterocycles. The second-order valence-corrected chi connectivity index (χ2v) is 3.95. The fourth-order valence-corrected chi connectivity index (χ4v) is 1.96. The zero-order chi connectivity index (χ0) is 11.9. The summed E-state index contributed by atoms with van der Waals surface area (Å²) in [5.41, 5.74) is 3.99. The zero-order valence-electron chi connectivity index (χ0n) is 10.1. The van der Waals surface area contributed by atoms with Gasteiger partial charge in [0.25, 0.3) is 0 Å². The summed E-state index contributed by atoms with van der Waals surface area (Å²) in [6.45, 7) is 1.89. The van der Waals surface area contributed by atoms with Crippen LogP contribution in [0.15, 0.2) is 54.6 Å². The summed E-state index contributed by atoms with van der Waals surface area (Å²) in [5.74, 6) is 6.07. The van der Waals surface area contributed by atoms with Crippen LogP contribution in [0.25, 0.3) is 11.1 Å². The maximum Gasteiger partial charge on any atom is 0.0129 e. The van der Waals surface area contributed by atoms with Gasteiger partial charge < -0.3 is 0 Å². The third kappa shape index (κ3) is 2.98.